The Hall–Kier alpha value is -5.30. The second-order valence-corrected chi connectivity index (χ2v) is 17.4. The molecule has 5 aromatic rings. The van der Waals surface area contributed by atoms with Crippen molar-refractivity contribution in [2.24, 2.45) is 0 Å². The molecular weight excluding hydrogens is 801 g/mol. The molecule has 9 N–H and O–H groups in total. The molecule has 3 aliphatic heterocycles. The van der Waals surface area contributed by atoms with E-state index in [4.69, 9.17) is 18.9 Å². The second kappa shape index (κ2) is 18.4. The topological polar surface area (TPSA) is 190 Å². The van der Waals surface area contributed by atoms with Crippen molar-refractivity contribution in [1.82, 2.24) is 20.9 Å². The normalized spacial score (nSPS) is 22.6. The third-order valence-electron chi connectivity index (χ3n) is 13.0. The Labute approximate surface area is 367 Å². The third kappa shape index (κ3) is 8.33. The number of aliphatic hydroxyl groups excluding tert-OH is 3. The number of aromatic amines is 1. The number of phenolic OH excluding ortho intramolecular Hbond substituents is 2. The van der Waals surface area contributed by atoms with Crippen LogP contribution in [0.2, 0.25) is 0 Å². The van der Waals surface area contributed by atoms with Gasteiger partial charge in [-0.15, -0.1) is 0 Å². The van der Waals surface area contributed by atoms with E-state index in [1.54, 1.807) is 13.0 Å². The summed E-state index contributed by atoms with van der Waals surface area (Å²) >= 11 is 0. The summed E-state index contributed by atoms with van der Waals surface area (Å²) in [6.45, 7) is 2.64. The van der Waals surface area contributed by atoms with Crippen LogP contribution in [0, 0.1) is 11.8 Å². The highest BCUT2D eigenvalue weighted by Crippen LogP contribution is 2.58. The SMILES string of the molecule is CNCO[C@]12Cc3c4c(c5c(c3O[C@@H]1c1cc(CCCO)c(O)c(c1)OCCC#C[C@@H]2NCNC[C@H](C)O)CC[C@H](CO)O5)-c1ccc(O)cc1[C@@H](Cc1ccc2[nH]ccc2c1)C4. The predicted molar refractivity (Wildman–Crippen MR) is 240 cm³/mol. The van der Waals surface area contributed by atoms with Gasteiger partial charge in [-0.3, -0.25) is 10.6 Å². The molecule has 1 aliphatic carbocycles. The lowest BCUT2D eigenvalue weighted by Gasteiger charge is -2.49. The largest absolute Gasteiger partial charge is 0.508 e. The van der Waals surface area contributed by atoms with Crippen molar-refractivity contribution >= 4 is 10.9 Å². The van der Waals surface area contributed by atoms with E-state index in [-0.39, 0.29) is 44.0 Å². The Morgan fingerprint density at radius 1 is 1.02 bits per heavy atom. The van der Waals surface area contributed by atoms with Gasteiger partial charge in [0, 0.05) is 61.1 Å². The molecule has 4 heterocycles. The zero-order valence-electron chi connectivity index (χ0n) is 35.9. The minimum Gasteiger partial charge on any atom is -0.508 e. The highest BCUT2D eigenvalue weighted by atomic mass is 16.6. The van der Waals surface area contributed by atoms with E-state index >= 15 is 0 Å². The molecule has 0 amide bonds. The number of ether oxygens (including phenoxy) is 4. The Morgan fingerprint density at radius 3 is 2.73 bits per heavy atom. The van der Waals surface area contributed by atoms with Crippen molar-refractivity contribution in [1.29, 1.82) is 0 Å². The molecule has 0 fully saturated rings. The van der Waals surface area contributed by atoms with Gasteiger partial charge >= 0.3 is 0 Å². The van der Waals surface area contributed by atoms with E-state index in [9.17, 15) is 25.5 Å². The smallest absolute Gasteiger partial charge is 0.161 e. The molecule has 13 nitrogen and oxygen atoms in total. The van der Waals surface area contributed by atoms with E-state index in [0.29, 0.717) is 87.4 Å². The van der Waals surface area contributed by atoms with Gasteiger partial charge in [0.1, 0.15) is 35.0 Å². The van der Waals surface area contributed by atoms with Crippen LogP contribution in [0.15, 0.2) is 60.8 Å². The first-order valence-electron chi connectivity index (χ1n) is 22.2. The first-order chi connectivity index (χ1) is 30.7. The highest BCUT2D eigenvalue weighted by molar-refractivity contribution is 5.85. The van der Waals surface area contributed by atoms with Crippen molar-refractivity contribution < 1.29 is 44.5 Å². The molecule has 2 bridgehead atoms. The van der Waals surface area contributed by atoms with Crippen LogP contribution in [0.4, 0.5) is 0 Å². The standard InChI is InChI=1S/C50H58N4O9/c1-29(57)25-52-27-54-44-7-3-4-17-60-43-22-34(20-32(46(43)59)6-5-16-55)49-50(44,61-28-51-2)24-41-40-21-33(19-30-8-13-42-31(18-30)14-15-53-42)39-23-35(58)9-11-37(39)45(40)48-38(47(41)63-49)12-10-36(26-56)62-48/h8-9,11,13-15,18,20,22-23,29,33,36,44,49,51-59H,4-6,10,12,16-17,19,21,24-28H2,1-2H3/t29-,33-,36+,44-,49+,50-/m0/s1. The molecule has 4 aromatic carbocycles. The van der Waals surface area contributed by atoms with Crippen molar-refractivity contribution in [3.63, 3.8) is 0 Å². The van der Waals surface area contributed by atoms with E-state index in [0.717, 1.165) is 49.8 Å². The Morgan fingerprint density at radius 2 is 1.90 bits per heavy atom. The maximum atomic E-state index is 11.5. The average molecular weight is 859 g/mol. The van der Waals surface area contributed by atoms with Crippen LogP contribution in [0.5, 0.6) is 28.7 Å². The summed E-state index contributed by atoms with van der Waals surface area (Å²) in [4.78, 5) is 3.31. The maximum Gasteiger partial charge on any atom is 0.161 e. The Kier molecular flexibility index (Phi) is 12.6. The molecule has 13 heteroatoms. The Bertz CT molecular complexity index is 2530. The highest BCUT2D eigenvalue weighted by Gasteiger charge is 2.54. The number of rotatable bonds is 14. The number of hydrogen-bond donors (Lipinski definition) is 9. The van der Waals surface area contributed by atoms with Gasteiger partial charge in [0.25, 0.3) is 0 Å². The lowest BCUT2D eigenvalue weighted by molar-refractivity contribution is -0.141. The molecule has 0 saturated heterocycles. The summed E-state index contributed by atoms with van der Waals surface area (Å²) in [5.74, 6) is 8.78. The fourth-order valence-electron chi connectivity index (χ4n) is 10.1. The number of aromatic nitrogens is 1. The van der Waals surface area contributed by atoms with E-state index < -0.39 is 30.0 Å². The molecule has 9 rings (SSSR count). The number of fused-ring (bicyclic) bond motifs is 13. The van der Waals surface area contributed by atoms with Gasteiger partial charge in [0.05, 0.1) is 26.0 Å². The molecule has 6 atom stereocenters. The molecule has 63 heavy (non-hydrogen) atoms. The number of aromatic hydroxyl groups is 2. The number of hydrogen-bond acceptors (Lipinski definition) is 12. The van der Waals surface area contributed by atoms with Gasteiger partial charge in [-0.25, -0.2) is 0 Å². The van der Waals surface area contributed by atoms with Crippen molar-refractivity contribution in [3.05, 3.63) is 99.7 Å². The lowest BCUT2D eigenvalue weighted by atomic mass is 9.69. The fourth-order valence-corrected chi connectivity index (χ4v) is 10.1. The van der Waals surface area contributed by atoms with Gasteiger partial charge in [-0.2, -0.15) is 0 Å². The van der Waals surface area contributed by atoms with E-state index in [1.165, 1.54) is 5.56 Å². The molecule has 1 aromatic heterocycles. The molecule has 0 spiro atoms. The minimum absolute atomic E-state index is 0.0238. The van der Waals surface area contributed by atoms with Gasteiger partial charge in [0.2, 0.25) is 0 Å². The third-order valence-corrected chi connectivity index (χ3v) is 13.0. The zero-order valence-corrected chi connectivity index (χ0v) is 35.9. The average Bonchev–Trinajstić information content (AvgIpc) is 3.76. The van der Waals surface area contributed by atoms with Crippen LogP contribution in [0.1, 0.15) is 77.2 Å². The summed E-state index contributed by atoms with van der Waals surface area (Å²) in [5, 5.41) is 64.3. The van der Waals surface area contributed by atoms with Crippen molar-refractivity contribution in [2.45, 2.75) is 94.2 Å². The summed E-state index contributed by atoms with van der Waals surface area (Å²) in [6.07, 6.45) is 4.29. The lowest BCUT2D eigenvalue weighted by Crippen LogP contribution is -2.62. The number of nitrogens with one attached hydrogen (secondary N) is 4. The molecule has 4 aliphatic rings. The van der Waals surface area contributed by atoms with Crippen molar-refractivity contribution in [2.75, 3.05) is 46.8 Å². The first-order valence-corrected chi connectivity index (χ1v) is 22.2. The van der Waals surface area contributed by atoms with Gasteiger partial charge in [-0.05, 0) is 140 Å². The van der Waals surface area contributed by atoms with Crippen LogP contribution < -0.4 is 30.2 Å². The number of benzene rings is 4. The number of phenols is 2. The van der Waals surface area contributed by atoms with Crippen LogP contribution in [-0.2, 0) is 36.8 Å². The summed E-state index contributed by atoms with van der Waals surface area (Å²) < 4.78 is 27.8. The van der Waals surface area contributed by atoms with E-state index in [1.807, 2.05) is 37.5 Å². The molecule has 332 valence electrons. The molecule has 0 unspecified atom stereocenters. The maximum absolute atomic E-state index is 11.5. The number of aliphatic hydroxyl groups is 3. The predicted octanol–water partition coefficient (Wildman–Crippen LogP) is 5.02. The Balaban J connectivity index is 1.27. The summed E-state index contributed by atoms with van der Waals surface area (Å²) in [6, 6.07) is 17.3. The summed E-state index contributed by atoms with van der Waals surface area (Å²) in [7, 11) is 1.83. The fraction of sp³-hybridized carbons (Fsp3) is 0.440. The number of aryl methyl sites for hydroxylation is 1. The van der Waals surface area contributed by atoms with Gasteiger partial charge < -0.3 is 54.8 Å². The van der Waals surface area contributed by atoms with Gasteiger partial charge in [-0.1, -0.05) is 24.0 Å². The van der Waals surface area contributed by atoms with Crippen molar-refractivity contribution in [3.8, 4) is 51.7 Å². The molecule has 0 saturated carbocycles. The number of H-pyrrole nitrogens is 1. The van der Waals surface area contributed by atoms with E-state index in [2.05, 4.69) is 57.0 Å². The van der Waals surface area contributed by atoms with Crippen LogP contribution >= 0.6 is 0 Å². The van der Waals surface area contributed by atoms with Crippen LogP contribution in [0.25, 0.3) is 22.0 Å². The second-order valence-electron chi connectivity index (χ2n) is 17.4. The monoisotopic (exact) mass is 858 g/mol. The van der Waals surface area contributed by atoms with Crippen LogP contribution in [0.3, 0.4) is 0 Å². The summed E-state index contributed by atoms with van der Waals surface area (Å²) in [5.41, 5.74) is 8.30. The quantitative estimate of drug-likeness (QED) is 0.0413. The first kappa shape index (κ1) is 43.0. The minimum atomic E-state index is -1.20. The molecular formula is C50H58N4O9. The van der Waals surface area contributed by atoms with Gasteiger partial charge in [0.15, 0.2) is 17.6 Å². The molecule has 0 radical (unpaired) electrons. The zero-order chi connectivity index (χ0) is 43.7. The van der Waals surface area contributed by atoms with Crippen LogP contribution in [-0.4, -0.2) is 101 Å².